The molecule has 0 amide bonds. The summed E-state index contributed by atoms with van der Waals surface area (Å²) in [5.41, 5.74) is 1.11. The van der Waals surface area contributed by atoms with E-state index in [1.165, 1.54) is 6.42 Å². The minimum Gasteiger partial charge on any atom is -0.313 e. The maximum Gasteiger partial charge on any atom is 0.0634 e. The average molecular weight is 245 g/mol. The first-order valence-corrected chi connectivity index (χ1v) is 6.72. The van der Waals surface area contributed by atoms with Crippen molar-refractivity contribution in [1.82, 2.24) is 10.3 Å². The molecule has 0 saturated carbocycles. The quantitative estimate of drug-likeness (QED) is 0.779. The molecule has 1 heterocycles. The van der Waals surface area contributed by atoms with Crippen LogP contribution in [0.3, 0.4) is 0 Å². The Morgan fingerprint density at radius 1 is 1.60 bits per heavy atom. The summed E-state index contributed by atoms with van der Waals surface area (Å²) in [5, 5.41) is 4.83. The molecule has 4 heteroatoms. The fraction of sp³-hybridized carbons (Fsp3) is 0.545. The van der Waals surface area contributed by atoms with Crippen molar-refractivity contribution in [2.24, 2.45) is 0 Å². The van der Waals surface area contributed by atoms with Crippen LogP contribution in [-0.4, -0.2) is 23.0 Å². The Balaban J connectivity index is 2.23. The third-order valence-corrected chi connectivity index (χ3v) is 3.68. The molecular formula is C11H17ClN2S. The lowest BCUT2D eigenvalue weighted by Gasteiger charge is -2.09. The molecule has 1 aromatic rings. The van der Waals surface area contributed by atoms with E-state index in [0.717, 1.165) is 23.7 Å². The summed E-state index contributed by atoms with van der Waals surface area (Å²) >= 11 is 7.88. The Hall–Kier alpha value is -0.250. The van der Waals surface area contributed by atoms with Crippen LogP contribution in [0.15, 0.2) is 18.5 Å². The zero-order chi connectivity index (χ0) is 11.1. The van der Waals surface area contributed by atoms with Crippen LogP contribution in [0.4, 0.5) is 0 Å². The molecule has 0 aliphatic rings. The molecule has 1 unspecified atom stereocenters. The lowest BCUT2D eigenvalue weighted by atomic mass is 10.2. The fourth-order valence-corrected chi connectivity index (χ4v) is 1.73. The largest absolute Gasteiger partial charge is 0.313 e. The van der Waals surface area contributed by atoms with Gasteiger partial charge in [0.15, 0.2) is 0 Å². The Kier molecular flexibility index (Phi) is 6.06. The smallest absolute Gasteiger partial charge is 0.0634 e. The topological polar surface area (TPSA) is 24.9 Å². The lowest BCUT2D eigenvalue weighted by Crippen LogP contribution is -2.17. The van der Waals surface area contributed by atoms with Gasteiger partial charge in [-0.15, -0.1) is 0 Å². The average Bonchev–Trinajstić information content (AvgIpc) is 2.26. The predicted molar refractivity (Wildman–Crippen MR) is 68.5 cm³/mol. The zero-order valence-electron chi connectivity index (χ0n) is 9.16. The van der Waals surface area contributed by atoms with Gasteiger partial charge in [-0.25, -0.2) is 0 Å². The van der Waals surface area contributed by atoms with Gasteiger partial charge >= 0.3 is 0 Å². The summed E-state index contributed by atoms with van der Waals surface area (Å²) in [4.78, 5) is 3.95. The highest BCUT2D eigenvalue weighted by molar-refractivity contribution is 7.99. The van der Waals surface area contributed by atoms with Crippen LogP contribution in [0, 0.1) is 0 Å². The molecule has 0 aliphatic heterocycles. The van der Waals surface area contributed by atoms with Crippen LogP contribution < -0.4 is 5.32 Å². The highest BCUT2D eigenvalue weighted by atomic mass is 35.5. The van der Waals surface area contributed by atoms with Gasteiger partial charge in [-0.2, -0.15) is 11.8 Å². The maximum absolute atomic E-state index is 5.99. The SMILES string of the molecule is CSC(C)CCNCc1ccncc1Cl. The standard InChI is InChI=1S/C11H17ClN2S/c1-9(15-2)3-5-13-7-10-4-6-14-8-11(10)12/h4,6,8-9,13H,3,5,7H2,1-2H3. The zero-order valence-corrected chi connectivity index (χ0v) is 10.7. The number of halogens is 1. The third kappa shape index (κ3) is 4.87. The molecule has 0 fully saturated rings. The molecule has 84 valence electrons. The number of aromatic nitrogens is 1. The number of nitrogens with zero attached hydrogens (tertiary/aromatic N) is 1. The van der Waals surface area contributed by atoms with Crippen molar-refractivity contribution in [3.8, 4) is 0 Å². The molecule has 0 aliphatic carbocycles. The Morgan fingerprint density at radius 3 is 3.07 bits per heavy atom. The summed E-state index contributed by atoms with van der Waals surface area (Å²) in [6.07, 6.45) is 6.78. The van der Waals surface area contributed by atoms with E-state index >= 15 is 0 Å². The van der Waals surface area contributed by atoms with E-state index in [2.05, 4.69) is 23.5 Å². The fourth-order valence-electron chi connectivity index (χ4n) is 1.19. The number of hydrogen-bond donors (Lipinski definition) is 1. The van der Waals surface area contributed by atoms with E-state index in [4.69, 9.17) is 11.6 Å². The molecular weight excluding hydrogens is 228 g/mol. The van der Waals surface area contributed by atoms with E-state index in [9.17, 15) is 0 Å². The molecule has 0 aromatic carbocycles. The van der Waals surface area contributed by atoms with E-state index in [1.807, 2.05) is 17.8 Å². The van der Waals surface area contributed by atoms with Crippen LogP contribution >= 0.6 is 23.4 Å². The van der Waals surface area contributed by atoms with Crippen LogP contribution in [0.25, 0.3) is 0 Å². The Labute approximate surface area is 101 Å². The van der Waals surface area contributed by atoms with Crippen LogP contribution in [0.5, 0.6) is 0 Å². The van der Waals surface area contributed by atoms with Crippen molar-refractivity contribution in [3.63, 3.8) is 0 Å². The monoisotopic (exact) mass is 244 g/mol. The van der Waals surface area contributed by atoms with Gasteiger partial charge in [-0.3, -0.25) is 4.98 Å². The van der Waals surface area contributed by atoms with Gasteiger partial charge in [-0.05, 0) is 30.9 Å². The third-order valence-electron chi connectivity index (χ3n) is 2.30. The van der Waals surface area contributed by atoms with Gasteiger partial charge in [0, 0.05) is 24.2 Å². The molecule has 2 nitrogen and oxygen atoms in total. The highest BCUT2D eigenvalue weighted by Crippen LogP contribution is 2.13. The number of pyridine rings is 1. The summed E-state index contributed by atoms with van der Waals surface area (Å²) < 4.78 is 0. The summed E-state index contributed by atoms with van der Waals surface area (Å²) in [6, 6.07) is 1.95. The second kappa shape index (κ2) is 7.09. The van der Waals surface area contributed by atoms with Crippen molar-refractivity contribution in [1.29, 1.82) is 0 Å². The number of hydrogen-bond acceptors (Lipinski definition) is 3. The van der Waals surface area contributed by atoms with Crippen LogP contribution in [0.1, 0.15) is 18.9 Å². The minimum absolute atomic E-state index is 0.713. The Morgan fingerprint density at radius 2 is 2.40 bits per heavy atom. The number of nitrogens with one attached hydrogen (secondary N) is 1. The molecule has 15 heavy (non-hydrogen) atoms. The van der Waals surface area contributed by atoms with E-state index in [-0.39, 0.29) is 0 Å². The van der Waals surface area contributed by atoms with Crippen LogP contribution in [0.2, 0.25) is 5.02 Å². The first-order valence-electron chi connectivity index (χ1n) is 5.06. The number of thioether (sulfide) groups is 1. The Bertz CT molecular complexity index is 294. The van der Waals surface area contributed by atoms with Gasteiger partial charge in [-0.1, -0.05) is 18.5 Å². The molecule has 0 spiro atoms. The molecule has 1 N–H and O–H groups in total. The lowest BCUT2D eigenvalue weighted by molar-refractivity contribution is 0.648. The van der Waals surface area contributed by atoms with E-state index in [1.54, 1.807) is 12.4 Å². The first kappa shape index (κ1) is 12.8. The van der Waals surface area contributed by atoms with E-state index < -0.39 is 0 Å². The van der Waals surface area contributed by atoms with Gasteiger partial charge in [0.25, 0.3) is 0 Å². The molecule has 0 bridgehead atoms. The van der Waals surface area contributed by atoms with Crippen molar-refractivity contribution < 1.29 is 0 Å². The van der Waals surface area contributed by atoms with Gasteiger partial charge in [0.05, 0.1) is 5.02 Å². The molecule has 0 saturated heterocycles. The second-order valence-corrected chi connectivity index (χ2v) is 5.16. The summed E-state index contributed by atoms with van der Waals surface area (Å²) in [7, 11) is 0. The first-order chi connectivity index (χ1) is 7.24. The van der Waals surface area contributed by atoms with Crippen molar-refractivity contribution >= 4 is 23.4 Å². The van der Waals surface area contributed by atoms with E-state index in [0.29, 0.717) is 5.25 Å². The molecule has 1 atom stereocenters. The van der Waals surface area contributed by atoms with Gasteiger partial charge in [0.2, 0.25) is 0 Å². The summed E-state index contributed by atoms with van der Waals surface area (Å²) in [5.74, 6) is 0. The van der Waals surface area contributed by atoms with Crippen LogP contribution in [-0.2, 0) is 6.54 Å². The maximum atomic E-state index is 5.99. The van der Waals surface area contributed by atoms with Crippen molar-refractivity contribution in [2.75, 3.05) is 12.8 Å². The summed E-state index contributed by atoms with van der Waals surface area (Å²) in [6.45, 7) is 4.09. The number of rotatable bonds is 6. The normalized spacial score (nSPS) is 12.7. The van der Waals surface area contributed by atoms with Gasteiger partial charge in [0.1, 0.15) is 0 Å². The molecule has 1 rings (SSSR count). The highest BCUT2D eigenvalue weighted by Gasteiger charge is 2.00. The van der Waals surface area contributed by atoms with Crippen molar-refractivity contribution in [2.45, 2.75) is 25.1 Å². The minimum atomic E-state index is 0.713. The molecule has 1 aromatic heterocycles. The molecule has 0 radical (unpaired) electrons. The van der Waals surface area contributed by atoms with Gasteiger partial charge < -0.3 is 5.32 Å². The second-order valence-electron chi connectivity index (χ2n) is 3.48. The van der Waals surface area contributed by atoms with Crippen molar-refractivity contribution in [3.05, 3.63) is 29.0 Å². The predicted octanol–water partition coefficient (Wildman–Crippen LogP) is 2.97.